The third-order valence-corrected chi connectivity index (χ3v) is 3.95. The summed E-state index contributed by atoms with van der Waals surface area (Å²) in [7, 11) is 1.30. The molecule has 5 nitrogen and oxygen atoms in total. The minimum atomic E-state index is -0.656. The van der Waals surface area contributed by atoms with Gasteiger partial charge in [-0.15, -0.1) is 0 Å². The van der Waals surface area contributed by atoms with Crippen molar-refractivity contribution in [1.82, 2.24) is 4.90 Å². The molecule has 1 heterocycles. The summed E-state index contributed by atoms with van der Waals surface area (Å²) in [6, 6.07) is 12.8. The molecule has 0 N–H and O–H groups in total. The molecular weight excluding hydrogens is 280 g/mol. The van der Waals surface area contributed by atoms with Crippen molar-refractivity contribution in [3.8, 4) is 6.07 Å². The van der Waals surface area contributed by atoms with Gasteiger partial charge in [0.05, 0.1) is 25.2 Å². The molecule has 1 aliphatic heterocycles. The van der Waals surface area contributed by atoms with E-state index in [-0.39, 0.29) is 18.9 Å². The Bertz CT molecular complexity index is 807. The minimum absolute atomic E-state index is 0.0757. The van der Waals surface area contributed by atoms with Gasteiger partial charge in [-0.05, 0) is 10.8 Å². The first-order valence-electron chi connectivity index (χ1n) is 6.96. The molecule has 1 unspecified atom stereocenters. The Balaban J connectivity index is 2.04. The van der Waals surface area contributed by atoms with Crippen LogP contribution in [0.1, 0.15) is 28.4 Å². The molecule has 0 aromatic heterocycles. The molecule has 5 heteroatoms. The zero-order valence-electron chi connectivity index (χ0n) is 12.1. The number of carbonyl (C=O) groups excluding carboxylic acids is 2. The Morgan fingerprint density at radius 1 is 1.32 bits per heavy atom. The zero-order valence-corrected chi connectivity index (χ0v) is 12.1. The first-order chi connectivity index (χ1) is 10.7. The standard InChI is InChI=1S/C17H14N2O3/c1-22-15(20)8-9-19-14(10-18)13-7-6-11-4-2-3-5-12(11)16(13)17(19)21/h2-7,14H,8-9H2,1H3. The van der Waals surface area contributed by atoms with E-state index in [0.29, 0.717) is 11.1 Å². The van der Waals surface area contributed by atoms with Gasteiger partial charge in [0.15, 0.2) is 0 Å². The van der Waals surface area contributed by atoms with Crippen molar-refractivity contribution in [2.24, 2.45) is 0 Å². The maximum absolute atomic E-state index is 12.7. The number of carbonyl (C=O) groups is 2. The summed E-state index contributed by atoms with van der Waals surface area (Å²) in [6.45, 7) is 0.173. The van der Waals surface area contributed by atoms with E-state index >= 15 is 0 Å². The first-order valence-corrected chi connectivity index (χ1v) is 6.96. The SMILES string of the molecule is COC(=O)CCN1C(=O)c2c(ccc3ccccc23)C1C#N. The van der Waals surface area contributed by atoms with Gasteiger partial charge in [0.1, 0.15) is 6.04 Å². The number of benzene rings is 2. The van der Waals surface area contributed by atoms with E-state index in [9.17, 15) is 14.9 Å². The zero-order chi connectivity index (χ0) is 15.7. The number of hydrogen-bond acceptors (Lipinski definition) is 4. The molecule has 2 aromatic carbocycles. The highest BCUT2D eigenvalue weighted by Gasteiger charge is 2.38. The quantitative estimate of drug-likeness (QED) is 0.815. The monoisotopic (exact) mass is 294 g/mol. The second-order valence-corrected chi connectivity index (χ2v) is 5.11. The topological polar surface area (TPSA) is 70.4 Å². The third kappa shape index (κ3) is 2.09. The van der Waals surface area contributed by atoms with Crippen LogP contribution in [0, 0.1) is 11.3 Å². The van der Waals surface area contributed by atoms with Gasteiger partial charge >= 0.3 is 5.97 Å². The van der Waals surface area contributed by atoms with Crippen molar-refractivity contribution in [3.05, 3.63) is 47.5 Å². The molecule has 1 amide bonds. The number of nitriles is 1. The molecule has 2 aromatic rings. The number of fused-ring (bicyclic) bond motifs is 3. The Labute approximate surface area is 127 Å². The molecule has 3 rings (SSSR count). The highest BCUT2D eigenvalue weighted by molar-refractivity contribution is 6.11. The van der Waals surface area contributed by atoms with E-state index in [1.165, 1.54) is 12.0 Å². The number of methoxy groups -OCH3 is 1. The van der Waals surface area contributed by atoms with E-state index < -0.39 is 12.0 Å². The van der Waals surface area contributed by atoms with E-state index in [1.54, 1.807) is 0 Å². The predicted molar refractivity (Wildman–Crippen MR) is 80.0 cm³/mol. The highest BCUT2D eigenvalue weighted by atomic mass is 16.5. The van der Waals surface area contributed by atoms with Gasteiger partial charge in [-0.3, -0.25) is 9.59 Å². The molecule has 110 valence electrons. The number of amides is 1. The second-order valence-electron chi connectivity index (χ2n) is 5.11. The maximum Gasteiger partial charge on any atom is 0.307 e. The largest absolute Gasteiger partial charge is 0.469 e. The Morgan fingerprint density at radius 3 is 2.82 bits per heavy atom. The van der Waals surface area contributed by atoms with Crippen LogP contribution in [0.4, 0.5) is 0 Å². The summed E-state index contributed by atoms with van der Waals surface area (Å²) in [4.78, 5) is 25.5. The fourth-order valence-corrected chi connectivity index (χ4v) is 2.87. The van der Waals surface area contributed by atoms with Crippen molar-refractivity contribution in [2.45, 2.75) is 12.5 Å². The molecule has 1 atom stereocenters. The molecule has 0 spiro atoms. The number of rotatable bonds is 3. The first kappa shape index (κ1) is 14.1. The van der Waals surface area contributed by atoms with E-state index in [0.717, 1.165) is 10.8 Å². The number of hydrogen-bond donors (Lipinski definition) is 0. The minimum Gasteiger partial charge on any atom is -0.469 e. The molecular formula is C17H14N2O3. The van der Waals surface area contributed by atoms with Crippen LogP contribution in [-0.2, 0) is 9.53 Å². The van der Waals surface area contributed by atoms with Crippen LogP contribution in [0.15, 0.2) is 36.4 Å². The van der Waals surface area contributed by atoms with Gasteiger partial charge in [0, 0.05) is 12.1 Å². The van der Waals surface area contributed by atoms with Crippen LogP contribution in [0.5, 0.6) is 0 Å². The van der Waals surface area contributed by atoms with Crippen LogP contribution in [-0.4, -0.2) is 30.4 Å². The molecule has 1 aliphatic rings. The summed E-state index contributed by atoms with van der Waals surface area (Å²) < 4.78 is 4.60. The number of ether oxygens (including phenoxy) is 1. The van der Waals surface area contributed by atoms with E-state index in [4.69, 9.17) is 0 Å². The average Bonchev–Trinajstić information content (AvgIpc) is 2.84. The van der Waals surface area contributed by atoms with Crippen LogP contribution < -0.4 is 0 Å². The van der Waals surface area contributed by atoms with Gasteiger partial charge in [0.2, 0.25) is 0 Å². The van der Waals surface area contributed by atoms with Crippen LogP contribution >= 0.6 is 0 Å². The number of nitrogens with zero attached hydrogens (tertiary/aromatic N) is 2. The van der Waals surface area contributed by atoms with Crippen molar-refractivity contribution >= 4 is 22.6 Å². The molecule has 0 saturated heterocycles. The summed E-state index contributed by atoms with van der Waals surface area (Å²) >= 11 is 0. The lowest BCUT2D eigenvalue weighted by Gasteiger charge is -2.19. The highest BCUT2D eigenvalue weighted by Crippen LogP contribution is 2.37. The van der Waals surface area contributed by atoms with Crippen molar-refractivity contribution in [3.63, 3.8) is 0 Å². The smallest absolute Gasteiger partial charge is 0.307 e. The van der Waals surface area contributed by atoms with Gasteiger partial charge in [-0.25, -0.2) is 0 Å². The fourth-order valence-electron chi connectivity index (χ4n) is 2.87. The van der Waals surface area contributed by atoms with E-state index in [2.05, 4.69) is 10.8 Å². The van der Waals surface area contributed by atoms with Crippen LogP contribution in [0.2, 0.25) is 0 Å². The van der Waals surface area contributed by atoms with Gasteiger partial charge < -0.3 is 9.64 Å². The summed E-state index contributed by atoms with van der Waals surface area (Å²) in [5.74, 6) is -0.604. The Morgan fingerprint density at radius 2 is 2.09 bits per heavy atom. The molecule has 0 fully saturated rings. The van der Waals surface area contributed by atoms with Crippen molar-refractivity contribution in [2.75, 3.05) is 13.7 Å². The van der Waals surface area contributed by atoms with E-state index in [1.807, 2.05) is 36.4 Å². The molecule has 0 bridgehead atoms. The molecule has 0 aliphatic carbocycles. The summed E-state index contributed by atoms with van der Waals surface area (Å²) in [5.41, 5.74) is 1.27. The summed E-state index contributed by atoms with van der Waals surface area (Å²) in [5, 5.41) is 11.2. The Hall–Kier alpha value is -2.87. The average molecular weight is 294 g/mol. The van der Waals surface area contributed by atoms with Crippen molar-refractivity contribution in [1.29, 1.82) is 5.26 Å². The van der Waals surface area contributed by atoms with Gasteiger partial charge in [-0.2, -0.15) is 5.26 Å². The van der Waals surface area contributed by atoms with Crippen molar-refractivity contribution < 1.29 is 14.3 Å². The Kier molecular flexibility index (Phi) is 3.51. The molecule has 0 saturated carbocycles. The lowest BCUT2D eigenvalue weighted by atomic mass is 9.98. The maximum atomic E-state index is 12.7. The summed E-state index contributed by atoms with van der Waals surface area (Å²) in [6.07, 6.45) is 0.0757. The second kappa shape index (κ2) is 5.49. The third-order valence-electron chi connectivity index (χ3n) is 3.95. The lowest BCUT2D eigenvalue weighted by molar-refractivity contribution is -0.140. The number of esters is 1. The molecule has 0 radical (unpaired) electrons. The van der Waals surface area contributed by atoms with Crippen LogP contribution in [0.25, 0.3) is 10.8 Å². The van der Waals surface area contributed by atoms with Crippen LogP contribution in [0.3, 0.4) is 0 Å². The van der Waals surface area contributed by atoms with Gasteiger partial charge in [0.25, 0.3) is 5.91 Å². The normalized spacial score (nSPS) is 16.5. The predicted octanol–water partition coefficient (Wildman–Crippen LogP) is 2.42. The van der Waals surface area contributed by atoms with Gasteiger partial charge in [-0.1, -0.05) is 36.4 Å². The lowest BCUT2D eigenvalue weighted by Crippen LogP contribution is -2.30. The fraction of sp³-hybridized carbons (Fsp3) is 0.235. The molecule has 22 heavy (non-hydrogen) atoms.